The molecule has 0 aliphatic heterocycles. The lowest BCUT2D eigenvalue weighted by Gasteiger charge is -2.15. The van der Waals surface area contributed by atoms with Crippen molar-refractivity contribution in [2.24, 2.45) is 0 Å². The fourth-order valence-corrected chi connectivity index (χ4v) is 3.33. The molecule has 2 N–H and O–H groups in total. The molecule has 3 aromatic rings. The van der Waals surface area contributed by atoms with Crippen molar-refractivity contribution < 1.29 is 23.5 Å². The Labute approximate surface area is 180 Å². The van der Waals surface area contributed by atoms with Gasteiger partial charge in [-0.05, 0) is 48.5 Å². The van der Waals surface area contributed by atoms with Gasteiger partial charge in [-0.2, -0.15) is 0 Å². The van der Waals surface area contributed by atoms with Crippen molar-refractivity contribution in [3.05, 3.63) is 99.5 Å². The fourth-order valence-electron chi connectivity index (χ4n) is 2.76. The summed E-state index contributed by atoms with van der Waals surface area (Å²) in [6.07, 6.45) is 0. The molecule has 0 aromatic heterocycles. The van der Waals surface area contributed by atoms with Crippen LogP contribution in [-0.4, -0.2) is 16.9 Å². The summed E-state index contributed by atoms with van der Waals surface area (Å²) in [6, 6.07) is 11.3. The van der Waals surface area contributed by atoms with Gasteiger partial charge in [-0.3, -0.25) is 4.79 Å². The monoisotopic (exact) mass is 447 g/mol. The van der Waals surface area contributed by atoms with Crippen LogP contribution in [0.2, 0.25) is 10.0 Å². The van der Waals surface area contributed by atoms with Gasteiger partial charge in [0.25, 0.3) is 0 Å². The number of hydrogen-bond acceptors (Lipinski definition) is 3. The van der Waals surface area contributed by atoms with Crippen LogP contribution in [0.25, 0.3) is 5.57 Å². The highest BCUT2D eigenvalue weighted by Crippen LogP contribution is 2.34. The maximum atomic E-state index is 14.3. The van der Waals surface area contributed by atoms with Crippen LogP contribution in [0.4, 0.5) is 20.2 Å². The predicted octanol–water partition coefficient (Wildman–Crippen LogP) is 6.61. The van der Waals surface area contributed by atoms with Gasteiger partial charge in [0.2, 0.25) is 0 Å². The van der Waals surface area contributed by atoms with Crippen LogP contribution in [0, 0.1) is 11.6 Å². The van der Waals surface area contributed by atoms with E-state index in [9.17, 15) is 18.4 Å². The first-order valence-electron chi connectivity index (χ1n) is 8.46. The lowest BCUT2D eigenvalue weighted by Crippen LogP contribution is -2.07. The van der Waals surface area contributed by atoms with Gasteiger partial charge in [0, 0.05) is 16.8 Å². The highest BCUT2D eigenvalue weighted by atomic mass is 35.5. The number of carbonyl (C=O) groups is 2. The largest absolute Gasteiger partial charge is 0.478 e. The first-order chi connectivity index (χ1) is 14.2. The van der Waals surface area contributed by atoms with E-state index in [0.29, 0.717) is 0 Å². The van der Waals surface area contributed by atoms with E-state index in [4.69, 9.17) is 28.3 Å². The highest BCUT2D eigenvalue weighted by molar-refractivity contribution is 6.44. The third-order valence-corrected chi connectivity index (χ3v) is 4.89. The fraction of sp³-hybridized carbons (Fsp3) is 0. The van der Waals surface area contributed by atoms with Gasteiger partial charge < -0.3 is 10.4 Å². The van der Waals surface area contributed by atoms with Crippen LogP contribution in [0.15, 0.2) is 61.2 Å². The van der Waals surface area contributed by atoms with Crippen molar-refractivity contribution >= 4 is 51.9 Å². The normalized spacial score (nSPS) is 10.5. The third-order valence-electron chi connectivity index (χ3n) is 4.26. The van der Waals surface area contributed by atoms with Gasteiger partial charge >= 0.3 is 5.97 Å². The molecular formula is C22H13Cl2F2NO3. The van der Waals surface area contributed by atoms with Crippen molar-refractivity contribution in [2.45, 2.75) is 0 Å². The molecule has 4 nitrogen and oxygen atoms in total. The van der Waals surface area contributed by atoms with Crippen molar-refractivity contribution in [3.8, 4) is 0 Å². The molecule has 0 spiro atoms. The van der Waals surface area contributed by atoms with Crippen LogP contribution in [0.1, 0.15) is 26.3 Å². The average molecular weight is 448 g/mol. The van der Waals surface area contributed by atoms with E-state index < -0.39 is 23.4 Å². The van der Waals surface area contributed by atoms with Crippen LogP contribution in [0.5, 0.6) is 0 Å². The SMILES string of the molecule is C=C(C(=O)c1c(Cl)cccc1Cl)c1cc(F)ccc1Nc1ccc(C(=O)O)cc1F. The van der Waals surface area contributed by atoms with E-state index in [2.05, 4.69) is 11.9 Å². The number of benzene rings is 3. The Hall–Kier alpha value is -3.22. The van der Waals surface area contributed by atoms with Gasteiger partial charge in [0.1, 0.15) is 11.6 Å². The van der Waals surface area contributed by atoms with Gasteiger partial charge in [-0.15, -0.1) is 0 Å². The second-order valence-corrected chi connectivity index (χ2v) is 7.03. The van der Waals surface area contributed by atoms with E-state index in [0.717, 1.165) is 18.2 Å². The number of rotatable bonds is 6. The molecule has 3 rings (SSSR count). The molecule has 0 saturated heterocycles. The quantitative estimate of drug-likeness (QED) is 0.329. The number of carbonyl (C=O) groups excluding carboxylic acids is 1. The molecule has 8 heteroatoms. The minimum Gasteiger partial charge on any atom is -0.478 e. The predicted molar refractivity (Wildman–Crippen MR) is 113 cm³/mol. The smallest absolute Gasteiger partial charge is 0.335 e. The summed E-state index contributed by atoms with van der Waals surface area (Å²) in [5, 5.41) is 11.9. The Bertz CT molecular complexity index is 1170. The topological polar surface area (TPSA) is 66.4 Å². The Kier molecular flexibility index (Phi) is 6.20. The van der Waals surface area contributed by atoms with Crippen molar-refractivity contribution in [3.63, 3.8) is 0 Å². The van der Waals surface area contributed by atoms with Crippen molar-refractivity contribution in [1.82, 2.24) is 0 Å². The van der Waals surface area contributed by atoms with Gasteiger partial charge in [-0.25, -0.2) is 13.6 Å². The van der Waals surface area contributed by atoms with E-state index in [1.165, 1.54) is 30.3 Å². The van der Waals surface area contributed by atoms with Crippen molar-refractivity contribution in [2.75, 3.05) is 5.32 Å². The van der Waals surface area contributed by atoms with Crippen LogP contribution >= 0.6 is 23.2 Å². The number of halogens is 4. The molecule has 0 amide bonds. The molecular weight excluding hydrogens is 435 g/mol. The maximum absolute atomic E-state index is 14.3. The lowest BCUT2D eigenvalue weighted by atomic mass is 9.96. The molecule has 30 heavy (non-hydrogen) atoms. The summed E-state index contributed by atoms with van der Waals surface area (Å²) in [4.78, 5) is 23.9. The molecule has 0 atom stereocenters. The molecule has 0 fully saturated rings. The minimum atomic E-state index is -1.28. The zero-order valence-electron chi connectivity index (χ0n) is 15.2. The van der Waals surface area contributed by atoms with Gasteiger partial charge in [-0.1, -0.05) is 35.8 Å². The zero-order valence-corrected chi connectivity index (χ0v) is 16.7. The number of carboxylic acid groups (broad SMARTS) is 1. The Morgan fingerprint density at radius 2 is 1.57 bits per heavy atom. The maximum Gasteiger partial charge on any atom is 0.335 e. The second-order valence-electron chi connectivity index (χ2n) is 6.22. The first kappa shape index (κ1) is 21.5. The van der Waals surface area contributed by atoms with Crippen molar-refractivity contribution in [1.29, 1.82) is 0 Å². The van der Waals surface area contributed by atoms with Crippen LogP contribution < -0.4 is 5.32 Å². The van der Waals surface area contributed by atoms with Gasteiger partial charge in [0.15, 0.2) is 5.78 Å². The number of hydrogen-bond donors (Lipinski definition) is 2. The minimum absolute atomic E-state index is 0.0121. The summed E-state index contributed by atoms with van der Waals surface area (Å²) in [6.45, 7) is 3.74. The molecule has 3 aromatic carbocycles. The number of nitrogens with one attached hydrogen (secondary N) is 1. The average Bonchev–Trinajstić information content (AvgIpc) is 2.69. The van der Waals surface area contributed by atoms with E-state index in [1.807, 2.05) is 0 Å². The second kappa shape index (κ2) is 8.65. The number of aromatic carboxylic acids is 1. The standard InChI is InChI=1S/C22H13Cl2F2NO3/c1-11(21(28)20-15(23)3-2-4-16(20)24)14-10-13(25)6-8-18(14)27-19-7-5-12(22(29)30)9-17(19)26/h2-10,27H,1H2,(H,29,30). The first-order valence-corrected chi connectivity index (χ1v) is 9.22. The summed E-state index contributed by atoms with van der Waals surface area (Å²) in [5.74, 6) is -3.38. The molecule has 0 unspecified atom stereocenters. The van der Waals surface area contributed by atoms with Gasteiger partial charge in [0.05, 0.1) is 26.9 Å². The number of carboxylic acids is 1. The molecule has 0 bridgehead atoms. The zero-order chi connectivity index (χ0) is 22.0. The molecule has 0 aliphatic rings. The molecule has 0 radical (unpaired) electrons. The molecule has 0 saturated carbocycles. The van der Waals surface area contributed by atoms with E-state index in [1.54, 1.807) is 6.07 Å². The summed E-state index contributed by atoms with van der Waals surface area (Å²) < 4.78 is 28.2. The lowest BCUT2D eigenvalue weighted by molar-refractivity contribution is 0.0696. The number of Topliss-reactive ketones (excluding diaryl/α,β-unsaturated/α-hetero) is 1. The number of allylic oxidation sites excluding steroid dienone is 1. The number of ketones is 1. The summed E-state index contributed by atoms with van der Waals surface area (Å²) >= 11 is 12.2. The molecule has 0 heterocycles. The van der Waals surface area contributed by atoms with E-state index in [-0.39, 0.29) is 43.7 Å². The summed E-state index contributed by atoms with van der Waals surface area (Å²) in [7, 11) is 0. The Morgan fingerprint density at radius 3 is 2.17 bits per heavy atom. The van der Waals surface area contributed by atoms with Crippen LogP contribution in [-0.2, 0) is 0 Å². The van der Waals surface area contributed by atoms with E-state index >= 15 is 0 Å². The molecule has 0 aliphatic carbocycles. The Balaban J connectivity index is 2.01. The highest BCUT2D eigenvalue weighted by Gasteiger charge is 2.21. The summed E-state index contributed by atoms with van der Waals surface area (Å²) in [5.41, 5.74) is -0.153. The van der Waals surface area contributed by atoms with Crippen LogP contribution in [0.3, 0.4) is 0 Å². The third kappa shape index (κ3) is 4.35. The molecule has 152 valence electrons. The Morgan fingerprint density at radius 1 is 0.933 bits per heavy atom. The number of anilines is 2.